The molecule has 2 N–H and O–H groups in total. The fraction of sp³-hybridized carbons (Fsp3) is 0.294. The van der Waals surface area contributed by atoms with Crippen LogP contribution in [0.5, 0.6) is 11.6 Å². The lowest BCUT2D eigenvalue weighted by atomic mass is 10.1. The fourth-order valence-electron chi connectivity index (χ4n) is 2.65. The second kappa shape index (κ2) is 7.68. The zero-order chi connectivity index (χ0) is 18.5. The van der Waals surface area contributed by atoms with Crippen LogP contribution in [0, 0.1) is 5.92 Å². The summed E-state index contributed by atoms with van der Waals surface area (Å²) < 4.78 is 10.2. The van der Waals surface area contributed by atoms with E-state index in [1.54, 1.807) is 36.3 Å². The molecule has 9 heteroatoms. The molecule has 1 saturated heterocycles. The molecule has 1 aliphatic heterocycles. The van der Waals surface area contributed by atoms with Gasteiger partial charge in [0.2, 0.25) is 23.6 Å². The molecule has 1 fully saturated rings. The number of methoxy groups -OCH3 is 2. The number of hydrogen-bond acceptors (Lipinski definition) is 7. The van der Waals surface area contributed by atoms with E-state index in [0.717, 1.165) is 0 Å². The van der Waals surface area contributed by atoms with Crippen molar-refractivity contribution in [2.75, 3.05) is 31.1 Å². The van der Waals surface area contributed by atoms with Crippen LogP contribution in [-0.2, 0) is 9.59 Å². The van der Waals surface area contributed by atoms with E-state index in [9.17, 15) is 9.59 Å². The lowest BCUT2D eigenvalue weighted by Gasteiger charge is -2.17. The largest absolute Gasteiger partial charge is 0.497 e. The van der Waals surface area contributed by atoms with Gasteiger partial charge in [-0.15, -0.1) is 0 Å². The van der Waals surface area contributed by atoms with Gasteiger partial charge in [0.15, 0.2) is 0 Å². The maximum atomic E-state index is 12.4. The van der Waals surface area contributed by atoms with Crippen LogP contribution in [0.15, 0.2) is 36.5 Å². The van der Waals surface area contributed by atoms with Crippen molar-refractivity contribution in [2.45, 2.75) is 6.42 Å². The van der Waals surface area contributed by atoms with Crippen LogP contribution in [0.1, 0.15) is 6.42 Å². The molecule has 0 aliphatic carbocycles. The van der Waals surface area contributed by atoms with E-state index in [1.807, 2.05) is 6.07 Å². The average molecular weight is 357 g/mol. The third-order valence-corrected chi connectivity index (χ3v) is 4.00. The highest BCUT2D eigenvalue weighted by Crippen LogP contribution is 2.27. The molecule has 1 unspecified atom stereocenters. The number of hydrazine groups is 1. The van der Waals surface area contributed by atoms with Crippen molar-refractivity contribution in [3.05, 3.63) is 36.5 Å². The number of rotatable bonds is 6. The highest BCUT2D eigenvalue weighted by molar-refractivity contribution is 6.00. The summed E-state index contributed by atoms with van der Waals surface area (Å²) in [6.07, 6.45) is 1.63. The first-order valence-electron chi connectivity index (χ1n) is 7.98. The summed E-state index contributed by atoms with van der Waals surface area (Å²) in [6.45, 7) is 0.290. The van der Waals surface area contributed by atoms with Crippen molar-refractivity contribution < 1.29 is 19.1 Å². The molecule has 26 heavy (non-hydrogen) atoms. The van der Waals surface area contributed by atoms with Crippen LogP contribution in [-0.4, -0.2) is 42.5 Å². The highest BCUT2D eigenvalue weighted by Gasteiger charge is 2.35. The minimum Gasteiger partial charge on any atom is -0.497 e. The standard InChI is InChI=1S/C17H19N5O4/c1-25-13-5-3-4-12(9-13)22-10-11(8-15(22)23)16(24)20-21-17-18-7-6-14(19-17)26-2/h3-7,9,11H,8,10H2,1-2H3,(H,20,24)(H,18,19,21). The van der Waals surface area contributed by atoms with Crippen LogP contribution < -0.4 is 25.2 Å². The molecule has 2 heterocycles. The van der Waals surface area contributed by atoms with Gasteiger partial charge in [0.1, 0.15) is 5.75 Å². The van der Waals surface area contributed by atoms with E-state index in [2.05, 4.69) is 20.8 Å². The van der Waals surface area contributed by atoms with Crippen LogP contribution in [0.2, 0.25) is 0 Å². The number of benzene rings is 1. The smallest absolute Gasteiger partial charge is 0.245 e. The molecule has 0 radical (unpaired) electrons. The SMILES string of the molecule is COc1cccc(N2CC(C(=O)NNc3nccc(OC)n3)CC2=O)c1. The van der Waals surface area contributed by atoms with Gasteiger partial charge in [0.25, 0.3) is 0 Å². The minimum atomic E-state index is -0.480. The molecular formula is C17H19N5O4. The van der Waals surface area contributed by atoms with Crippen LogP contribution >= 0.6 is 0 Å². The second-order valence-electron chi connectivity index (χ2n) is 5.64. The number of ether oxygens (including phenoxy) is 2. The van der Waals surface area contributed by atoms with Crippen molar-refractivity contribution in [3.63, 3.8) is 0 Å². The zero-order valence-corrected chi connectivity index (χ0v) is 14.4. The van der Waals surface area contributed by atoms with Crippen molar-refractivity contribution >= 4 is 23.5 Å². The highest BCUT2D eigenvalue weighted by atomic mass is 16.5. The van der Waals surface area contributed by atoms with Gasteiger partial charge in [-0.05, 0) is 12.1 Å². The Labute approximate surface area is 150 Å². The number of carbonyl (C=O) groups is 2. The Balaban J connectivity index is 1.61. The van der Waals surface area contributed by atoms with Crippen molar-refractivity contribution in [3.8, 4) is 11.6 Å². The molecule has 136 valence electrons. The molecule has 1 aromatic carbocycles. The number of nitrogens with one attached hydrogen (secondary N) is 2. The molecule has 0 spiro atoms. The van der Waals surface area contributed by atoms with Gasteiger partial charge >= 0.3 is 0 Å². The van der Waals surface area contributed by atoms with Crippen LogP contribution in [0.4, 0.5) is 11.6 Å². The summed E-state index contributed by atoms with van der Waals surface area (Å²) in [5.74, 6) is 0.321. The van der Waals surface area contributed by atoms with E-state index in [1.165, 1.54) is 13.3 Å². The molecular weight excluding hydrogens is 338 g/mol. The molecule has 0 saturated carbocycles. The fourth-order valence-corrected chi connectivity index (χ4v) is 2.65. The average Bonchev–Trinajstić information content (AvgIpc) is 3.08. The topological polar surface area (TPSA) is 106 Å². The third-order valence-electron chi connectivity index (χ3n) is 4.00. The van der Waals surface area contributed by atoms with Crippen LogP contribution in [0.25, 0.3) is 0 Å². The monoisotopic (exact) mass is 357 g/mol. The number of amides is 2. The maximum absolute atomic E-state index is 12.4. The Morgan fingerprint density at radius 1 is 1.27 bits per heavy atom. The predicted molar refractivity (Wildman–Crippen MR) is 93.8 cm³/mol. The van der Waals surface area contributed by atoms with E-state index in [0.29, 0.717) is 23.9 Å². The molecule has 3 rings (SSSR count). The molecule has 0 bridgehead atoms. The number of hydrogen-bond donors (Lipinski definition) is 2. The summed E-state index contributed by atoms with van der Waals surface area (Å²) in [7, 11) is 3.05. The Kier molecular flexibility index (Phi) is 5.16. The van der Waals surface area contributed by atoms with E-state index in [-0.39, 0.29) is 24.2 Å². The number of carbonyl (C=O) groups excluding carboxylic acids is 2. The number of nitrogens with zero attached hydrogens (tertiary/aromatic N) is 3. The van der Waals surface area contributed by atoms with Crippen molar-refractivity contribution in [1.29, 1.82) is 0 Å². The number of anilines is 2. The third kappa shape index (κ3) is 3.82. The quantitative estimate of drug-likeness (QED) is 0.743. The maximum Gasteiger partial charge on any atom is 0.245 e. The summed E-state index contributed by atoms with van der Waals surface area (Å²) in [4.78, 5) is 34.2. The molecule has 1 aromatic heterocycles. The van der Waals surface area contributed by atoms with E-state index >= 15 is 0 Å². The zero-order valence-electron chi connectivity index (χ0n) is 14.4. The Hall–Kier alpha value is -3.36. The van der Waals surface area contributed by atoms with Crippen molar-refractivity contribution in [2.24, 2.45) is 5.92 Å². The van der Waals surface area contributed by atoms with Gasteiger partial charge in [-0.2, -0.15) is 4.98 Å². The van der Waals surface area contributed by atoms with Gasteiger partial charge in [-0.1, -0.05) is 6.07 Å². The Morgan fingerprint density at radius 3 is 2.88 bits per heavy atom. The second-order valence-corrected chi connectivity index (χ2v) is 5.64. The van der Waals surface area contributed by atoms with Gasteiger partial charge in [-0.3, -0.25) is 20.4 Å². The van der Waals surface area contributed by atoms with Crippen LogP contribution in [0.3, 0.4) is 0 Å². The Morgan fingerprint density at radius 2 is 2.12 bits per heavy atom. The lowest BCUT2D eigenvalue weighted by molar-refractivity contribution is -0.125. The van der Waals surface area contributed by atoms with Gasteiger partial charge in [-0.25, -0.2) is 4.98 Å². The summed E-state index contributed by atoms with van der Waals surface area (Å²) >= 11 is 0. The first-order chi connectivity index (χ1) is 12.6. The van der Waals surface area contributed by atoms with Gasteiger partial charge < -0.3 is 14.4 Å². The summed E-state index contributed by atoms with van der Waals surface area (Å²) in [6, 6.07) is 8.76. The molecule has 1 atom stereocenters. The molecule has 1 aliphatic rings. The summed E-state index contributed by atoms with van der Waals surface area (Å²) in [5.41, 5.74) is 5.87. The number of aromatic nitrogens is 2. The summed E-state index contributed by atoms with van der Waals surface area (Å²) in [5, 5.41) is 0. The van der Waals surface area contributed by atoms with E-state index < -0.39 is 5.92 Å². The van der Waals surface area contributed by atoms with E-state index in [4.69, 9.17) is 9.47 Å². The molecule has 2 amide bonds. The Bertz CT molecular complexity index is 813. The molecule has 9 nitrogen and oxygen atoms in total. The van der Waals surface area contributed by atoms with Gasteiger partial charge in [0.05, 0.1) is 20.1 Å². The van der Waals surface area contributed by atoms with Crippen molar-refractivity contribution in [1.82, 2.24) is 15.4 Å². The lowest BCUT2D eigenvalue weighted by Crippen LogP contribution is -2.37. The normalized spacial score (nSPS) is 16.3. The van der Waals surface area contributed by atoms with Gasteiger partial charge in [0, 0.05) is 37.0 Å². The first-order valence-corrected chi connectivity index (χ1v) is 7.98. The predicted octanol–water partition coefficient (Wildman–Crippen LogP) is 0.990. The first kappa shape index (κ1) is 17.5. The minimum absolute atomic E-state index is 0.115. The molecule has 2 aromatic rings.